The van der Waals surface area contributed by atoms with E-state index in [1.54, 1.807) is 29.2 Å². The average molecular weight is 542 g/mol. The molecule has 4 heterocycles. The maximum absolute atomic E-state index is 13.7. The van der Waals surface area contributed by atoms with Crippen molar-refractivity contribution in [1.29, 1.82) is 0 Å². The first kappa shape index (κ1) is 18.0. The smallest absolute Gasteiger partial charge is 0.434 e. The molecule has 39 heavy (non-hydrogen) atoms. The van der Waals surface area contributed by atoms with Gasteiger partial charge < -0.3 is 9.30 Å². The maximum Gasteiger partial charge on any atom is 0.434 e. The summed E-state index contributed by atoms with van der Waals surface area (Å²) < 4.78 is 103. The number of aromatic nitrogens is 8. The second-order valence-electron chi connectivity index (χ2n) is 9.06. The van der Waals surface area contributed by atoms with E-state index in [-0.39, 0.29) is 28.8 Å². The minimum absolute atomic E-state index is 0.0249. The Balaban J connectivity index is 1.36. The Morgan fingerprint density at radius 1 is 1.10 bits per heavy atom. The molecule has 1 saturated carbocycles. The fourth-order valence-electron chi connectivity index (χ4n) is 4.34. The van der Waals surface area contributed by atoms with Gasteiger partial charge in [-0.2, -0.15) is 18.3 Å². The van der Waals surface area contributed by atoms with Crippen molar-refractivity contribution in [3.8, 4) is 28.7 Å². The monoisotopic (exact) mass is 541 g/mol. The van der Waals surface area contributed by atoms with Crippen LogP contribution in [0.25, 0.3) is 33.8 Å². The first-order chi connectivity index (χ1) is 21.5. The van der Waals surface area contributed by atoms with Crippen LogP contribution in [0, 0.1) is 0 Å². The Kier molecular flexibility index (Phi) is 4.36. The fraction of sp³-hybridized carbons (Fsp3) is 0.333. The van der Waals surface area contributed by atoms with Crippen LogP contribution in [0.2, 0.25) is 0 Å². The van der Waals surface area contributed by atoms with Crippen LogP contribution in [-0.2, 0) is 12.7 Å². The number of rotatable bonds is 7. The summed E-state index contributed by atoms with van der Waals surface area (Å²) >= 11 is 0. The third-order valence-corrected chi connectivity index (χ3v) is 6.38. The second kappa shape index (κ2) is 9.44. The lowest BCUT2D eigenvalue weighted by Crippen LogP contribution is -2.05. The highest BCUT2D eigenvalue weighted by Crippen LogP contribution is 2.44. The van der Waals surface area contributed by atoms with Crippen molar-refractivity contribution < 1.29 is 27.5 Å². The number of halogens is 3. The number of hydrogen-bond donors (Lipinski definition) is 0. The maximum atomic E-state index is 13.7. The minimum atomic E-state index is -5.03. The summed E-state index contributed by atoms with van der Waals surface area (Å²) in [6, 6.07) is 2.38. The van der Waals surface area contributed by atoms with Crippen LogP contribution in [0.3, 0.4) is 0 Å². The third kappa shape index (κ3) is 4.70. The summed E-state index contributed by atoms with van der Waals surface area (Å²) in [5.41, 5.74) is 0.963. The van der Waals surface area contributed by atoms with Crippen LogP contribution in [0.1, 0.15) is 65.0 Å². The van der Waals surface area contributed by atoms with Gasteiger partial charge in [-0.25, -0.2) is 29.6 Å². The second-order valence-corrected chi connectivity index (χ2v) is 9.06. The highest BCUT2D eigenvalue weighted by molar-refractivity contribution is 5.77. The van der Waals surface area contributed by atoms with Crippen LogP contribution >= 0.6 is 0 Å². The predicted molar refractivity (Wildman–Crippen MR) is 137 cm³/mol. The summed E-state index contributed by atoms with van der Waals surface area (Å²) in [6.07, 6.45) is 1.84. The first-order valence-electron chi connectivity index (χ1n) is 15.4. The summed E-state index contributed by atoms with van der Waals surface area (Å²) in [5.74, 6) is 0.336. The zero-order valence-corrected chi connectivity index (χ0v) is 20.4. The normalized spacial score (nSPS) is 17.5. The Morgan fingerprint density at radius 2 is 1.90 bits per heavy atom. The van der Waals surface area contributed by atoms with Crippen molar-refractivity contribution in [3.63, 3.8) is 0 Å². The fourth-order valence-corrected chi connectivity index (χ4v) is 4.34. The molecule has 0 unspecified atom stereocenters. The molecule has 6 rings (SSSR count). The molecular weight excluding hydrogens is 509 g/mol. The summed E-state index contributed by atoms with van der Waals surface area (Å²) in [5, 5.41) is 5.06. The van der Waals surface area contributed by atoms with Gasteiger partial charge in [0.1, 0.15) is 17.7 Å². The Labute approximate surface area is 231 Å². The quantitative estimate of drug-likeness (QED) is 0.262. The number of benzene rings is 1. The molecule has 0 radical (unpaired) electrons. The molecule has 0 aliphatic heterocycles. The van der Waals surface area contributed by atoms with Crippen LogP contribution in [-0.4, -0.2) is 46.4 Å². The van der Waals surface area contributed by atoms with E-state index in [2.05, 4.69) is 25.0 Å². The summed E-state index contributed by atoms with van der Waals surface area (Å²) in [4.78, 5) is 21.4. The molecule has 9 nitrogen and oxygen atoms in total. The first-order valence-corrected chi connectivity index (χ1v) is 11.9. The van der Waals surface area contributed by atoms with Crippen LogP contribution in [0.5, 0.6) is 5.88 Å². The van der Waals surface area contributed by atoms with E-state index in [1.165, 1.54) is 25.6 Å². The summed E-state index contributed by atoms with van der Waals surface area (Å²) in [6.45, 7) is -6.89. The van der Waals surface area contributed by atoms with E-state index < -0.39 is 37.4 Å². The Hall–Kier alpha value is -4.35. The molecule has 0 spiro atoms. The molecular formula is C27H25F3N8O. The van der Waals surface area contributed by atoms with Crippen molar-refractivity contribution in [2.24, 2.45) is 0 Å². The molecule has 1 aliphatic carbocycles. The van der Waals surface area contributed by atoms with Crippen molar-refractivity contribution >= 4 is 11.0 Å². The van der Waals surface area contributed by atoms with Crippen LogP contribution < -0.4 is 4.74 Å². The number of nitrogens with zero attached hydrogens (tertiary/aromatic N) is 8. The number of fused-ring (bicyclic) bond motifs is 1. The van der Waals surface area contributed by atoms with Gasteiger partial charge in [0.05, 0.1) is 32.3 Å². The number of hydrogen-bond acceptors (Lipinski definition) is 7. The van der Waals surface area contributed by atoms with Crippen LogP contribution in [0.4, 0.5) is 13.2 Å². The molecule has 0 amide bonds. The lowest BCUT2D eigenvalue weighted by Gasteiger charge is -2.12. The molecule has 4 aromatic heterocycles. The lowest BCUT2D eigenvalue weighted by atomic mass is 10.1. The molecule has 200 valence electrons. The van der Waals surface area contributed by atoms with E-state index in [1.807, 2.05) is 0 Å². The lowest BCUT2D eigenvalue weighted by molar-refractivity contribution is -0.140. The number of imidazole rings is 1. The minimum Gasteiger partial charge on any atom is -0.480 e. The van der Waals surface area contributed by atoms with Gasteiger partial charge in [0.2, 0.25) is 5.88 Å². The predicted octanol–water partition coefficient (Wildman–Crippen LogP) is 5.68. The van der Waals surface area contributed by atoms with Gasteiger partial charge in [0.25, 0.3) is 0 Å². The molecule has 0 bridgehead atoms. The van der Waals surface area contributed by atoms with Gasteiger partial charge in [-0.05, 0) is 32.1 Å². The Morgan fingerprint density at radius 3 is 2.59 bits per heavy atom. The van der Waals surface area contributed by atoms with Crippen molar-refractivity contribution in [2.45, 2.75) is 51.2 Å². The third-order valence-electron chi connectivity index (χ3n) is 6.38. The largest absolute Gasteiger partial charge is 0.480 e. The summed E-state index contributed by atoms with van der Waals surface area (Å²) in [7, 11) is 1.50. The standard InChI is InChI=1S/C27H25F3N8O/c1-15(2)37-13-20(27(28,29)30)35-24(37)18-6-4-16(5-7-18)12-38-25-19(11-34-38)10-31-23(36-25)21-22(17-8-9-17)32-14-33-26(21)39-3/h4-7,10-11,13-15,17H,8-9,12H2,1-3H3/i1D3,2D3,15D. The molecule has 12 heteroatoms. The van der Waals surface area contributed by atoms with Crippen molar-refractivity contribution in [2.75, 3.05) is 7.11 Å². The topological polar surface area (TPSA) is 96.4 Å². The van der Waals surface area contributed by atoms with Gasteiger partial charge in [0.15, 0.2) is 17.2 Å². The van der Waals surface area contributed by atoms with Gasteiger partial charge in [0, 0.05) is 38.1 Å². The highest BCUT2D eigenvalue weighted by Gasteiger charge is 2.35. The molecule has 0 saturated heterocycles. The van der Waals surface area contributed by atoms with Crippen LogP contribution in [0.15, 0.2) is 49.2 Å². The number of ether oxygens (including phenoxy) is 1. The van der Waals surface area contributed by atoms with E-state index in [4.69, 9.17) is 19.3 Å². The van der Waals surface area contributed by atoms with Gasteiger partial charge in [-0.1, -0.05) is 24.3 Å². The van der Waals surface area contributed by atoms with Gasteiger partial charge in [-0.3, -0.25) is 0 Å². The molecule has 5 aromatic rings. The zero-order chi connectivity index (χ0) is 33.2. The highest BCUT2D eigenvalue weighted by atomic mass is 19.4. The SMILES string of the molecule is [2H]C([2H])([2H])C([2H])(n1cc(C(F)(F)F)nc1-c1ccc(Cn2ncc3cnc(-c4c(OC)ncnc4C4CC4)nc32)cc1)C([2H])([2H])[2H]. The number of alkyl halides is 3. The molecule has 1 fully saturated rings. The molecule has 0 atom stereocenters. The van der Waals surface area contributed by atoms with E-state index in [0.717, 1.165) is 18.5 Å². The van der Waals surface area contributed by atoms with E-state index in [9.17, 15) is 13.2 Å². The number of methoxy groups -OCH3 is 1. The molecule has 0 N–H and O–H groups in total. The van der Waals surface area contributed by atoms with E-state index >= 15 is 0 Å². The van der Waals surface area contributed by atoms with Crippen molar-refractivity contribution in [3.05, 3.63) is 66.1 Å². The molecule has 1 aliphatic rings. The Bertz CT molecular complexity index is 1900. The average Bonchev–Trinajstić information content (AvgIpc) is 3.61. The van der Waals surface area contributed by atoms with Gasteiger partial charge in [-0.15, -0.1) is 0 Å². The van der Waals surface area contributed by atoms with Gasteiger partial charge >= 0.3 is 6.18 Å². The van der Waals surface area contributed by atoms with Crippen molar-refractivity contribution in [1.82, 2.24) is 39.3 Å². The molecule has 1 aromatic carbocycles. The zero-order valence-electron chi connectivity index (χ0n) is 27.4. The van der Waals surface area contributed by atoms with E-state index in [0.29, 0.717) is 33.9 Å².